The van der Waals surface area contributed by atoms with E-state index in [-0.39, 0.29) is 5.91 Å². The fraction of sp³-hybridized carbons (Fsp3) is 0.174. The SMILES string of the molecule is COc1ccc2cc(C(=O)NCc3ccc(Cn4ccnc4)cc3)c(C)nc2c1. The molecule has 0 atom stereocenters. The van der Waals surface area contributed by atoms with Gasteiger partial charge in [0.1, 0.15) is 5.75 Å². The molecule has 2 heterocycles. The van der Waals surface area contributed by atoms with E-state index in [0.29, 0.717) is 17.8 Å². The molecular weight excluding hydrogens is 364 g/mol. The third-order valence-corrected chi connectivity index (χ3v) is 4.86. The quantitative estimate of drug-likeness (QED) is 0.548. The number of hydrogen-bond acceptors (Lipinski definition) is 4. The Kier molecular flexibility index (Phi) is 5.24. The number of imidazole rings is 1. The Bertz CT molecular complexity index is 1140. The molecule has 2 aromatic heterocycles. The number of fused-ring (bicyclic) bond motifs is 1. The van der Waals surface area contributed by atoms with Crippen molar-refractivity contribution in [3.05, 3.63) is 89.6 Å². The predicted octanol–water partition coefficient (Wildman–Crippen LogP) is 3.73. The van der Waals surface area contributed by atoms with Crippen molar-refractivity contribution in [1.82, 2.24) is 19.9 Å². The van der Waals surface area contributed by atoms with Crippen LogP contribution in [0.25, 0.3) is 10.9 Å². The van der Waals surface area contributed by atoms with Crippen LogP contribution >= 0.6 is 0 Å². The van der Waals surface area contributed by atoms with E-state index in [2.05, 4.69) is 27.4 Å². The maximum atomic E-state index is 12.7. The van der Waals surface area contributed by atoms with Gasteiger partial charge in [-0.15, -0.1) is 0 Å². The zero-order chi connectivity index (χ0) is 20.2. The van der Waals surface area contributed by atoms with E-state index in [4.69, 9.17) is 4.74 Å². The normalized spacial score (nSPS) is 10.8. The van der Waals surface area contributed by atoms with Gasteiger partial charge in [-0.05, 0) is 36.2 Å². The smallest absolute Gasteiger partial charge is 0.253 e. The Morgan fingerprint density at radius 2 is 1.90 bits per heavy atom. The summed E-state index contributed by atoms with van der Waals surface area (Å²) >= 11 is 0. The lowest BCUT2D eigenvalue weighted by Gasteiger charge is -2.10. The van der Waals surface area contributed by atoms with Gasteiger partial charge in [0, 0.05) is 36.9 Å². The molecule has 146 valence electrons. The van der Waals surface area contributed by atoms with Crippen molar-refractivity contribution in [1.29, 1.82) is 0 Å². The second-order valence-corrected chi connectivity index (χ2v) is 6.91. The Hall–Kier alpha value is -3.67. The Balaban J connectivity index is 1.43. The highest BCUT2D eigenvalue weighted by atomic mass is 16.5. The summed E-state index contributed by atoms with van der Waals surface area (Å²) in [7, 11) is 1.63. The van der Waals surface area contributed by atoms with Gasteiger partial charge in [0.2, 0.25) is 0 Å². The number of amides is 1. The molecule has 29 heavy (non-hydrogen) atoms. The fourth-order valence-electron chi connectivity index (χ4n) is 3.23. The highest BCUT2D eigenvalue weighted by Crippen LogP contribution is 2.21. The predicted molar refractivity (Wildman–Crippen MR) is 112 cm³/mol. The second-order valence-electron chi connectivity index (χ2n) is 6.91. The molecule has 0 fully saturated rings. The summed E-state index contributed by atoms with van der Waals surface area (Å²) in [6.45, 7) is 3.09. The van der Waals surface area contributed by atoms with E-state index in [1.54, 1.807) is 19.6 Å². The highest BCUT2D eigenvalue weighted by Gasteiger charge is 2.12. The first-order valence-electron chi connectivity index (χ1n) is 9.39. The second kappa shape index (κ2) is 8.14. The van der Waals surface area contributed by atoms with Gasteiger partial charge in [0.05, 0.1) is 30.2 Å². The van der Waals surface area contributed by atoms with Gasteiger partial charge >= 0.3 is 0 Å². The first kappa shape index (κ1) is 18.7. The molecule has 4 aromatic rings. The van der Waals surface area contributed by atoms with Crippen LogP contribution in [0.2, 0.25) is 0 Å². The van der Waals surface area contributed by atoms with Gasteiger partial charge in [-0.1, -0.05) is 24.3 Å². The molecule has 0 radical (unpaired) electrons. The maximum Gasteiger partial charge on any atom is 0.253 e. The molecule has 0 spiro atoms. The molecule has 1 N–H and O–H groups in total. The zero-order valence-electron chi connectivity index (χ0n) is 16.4. The molecule has 6 heteroatoms. The molecule has 0 aliphatic heterocycles. The molecule has 0 unspecified atom stereocenters. The first-order chi connectivity index (χ1) is 14.1. The van der Waals surface area contributed by atoms with Crippen molar-refractivity contribution >= 4 is 16.8 Å². The summed E-state index contributed by atoms with van der Waals surface area (Å²) in [4.78, 5) is 21.3. The van der Waals surface area contributed by atoms with Gasteiger partial charge in [-0.3, -0.25) is 9.78 Å². The van der Waals surface area contributed by atoms with E-state index in [0.717, 1.165) is 28.8 Å². The van der Waals surface area contributed by atoms with Crippen molar-refractivity contribution in [2.75, 3.05) is 7.11 Å². The van der Waals surface area contributed by atoms with Crippen LogP contribution < -0.4 is 10.1 Å². The number of hydrogen-bond donors (Lipinski definition) is 1. The van der Waals surface area contributed by atoms with Gasteiger partial charge in [-0.2, -0.15) is 0 Å². The number of carbonyl (C=O) groups excluding carboxylic acids is 1. The molecule has 0 aliphatic rings. The molecular formula is C23H22N4O2. The minimum Gasteiger partial charge on any atom is -0.497 e. The average Bonchev–Trinajstić information content (AvgIpc) is 3.25. The first-order valence-corrected chi connectivity index (χ1v) is 9.39. The number of aryl methyl sites for hydroxylation is 1. The Morgan fingerprint density at radius 3 is 2.62 bits per heavy atom. The van der Waals surface area contributed by atoms with Crippen molar-refractivity contribution < 1.29 is 9.53 Å². The Morgan fingerprint density at radius 1 is 1.10 bits per heavy atom. The van der Waals surface area contributed by atoms with Crippen molar-refractivity contribution in [2.24, 2.45) is 0 Å². The third kappa shape index (κ3) is 4.27. The summed E-state index contributed by atoms with van der Waals surface area (Å²) in [6.07, 6.45) is 5.50. The Labute approximate surface area is 169 Å². The number of nitrogens with one attached hydrogen (secondary N) is 1. The van der Waals surface area contributed by atoms with Crippen LogP contribution in [-0.4, -0.2) is 27.6 Å². The van der Waals surface area contributed by atoms with Crippen LogP contribution in [0.3, 0.4) is 0 Å². The van der Waals surface area contributed by atoms with Crippen LogP contribution in [0, 0.1) is 6.92 Å². The average molecular weight is 386 g/mol. The van der Waals surface area contributed by atoms with Crippen LogP contribution in [0.4, 0.5) is 0 Å². The third-order valence-electron chi connectivity index (χ3n) is 4.86. The summed E-state index contributed by atoms with van der Waals surface area (Å²) in [5.41, 5.74) is 4.32. The summed E-state index contributed by atoms with van der Waals surface area (Å²) in [5, 5.41) is 3.90. The van der Waals surface area contributed by atoms with Crippen molar-refractivity contribution in [2.45, 2.75) is 20.0 Å². The number of aromatic nitrogens is 3. The van der Waals surface area contributed by atoms with Crippen LogP contribution in [0.1, 0.15) is 27.2 Å². The van der Waals surface area contributed by atoms with E-state index < -0.39 is 0 Å². The molecule has 0 saturated heterocycles. The van der Waals surface area contributed by atoms with E-state index in [1.165, 1.54) is 5.56 Å². The number of benzene rings is 2. The fourth-order valence-corrected chi connectivity index (χ4v) is 3.23. The van der Waals surface area contributed by atoms with E-state index in [9.17, 15) is 4.79 Å². The van der Waals surface area contributed by atoms with Gasteiger partial charge < -0.3 is 14.6 Å². The highest BCUT2D eigenvalue weighted by molar-refractivity contribution is 5.98. The summed E-state index contributed by atoms with van der Waals surface area (Å²) in [5.74, 6) is 0.619. The summed E-state index contributed by atoms with van der Waals surface area (Å²) < 4.78 is 7.26. The number of methoxy groups -OCH3 is 1. The monoisotopic (exact) mass is 386 g/mol. The van der Waals surface area contributed by atoms with E-state index in [1.807, 2.05) is 54.1 Å². The van der Waals surface area contributed by atoms with Crippen molar-refractivity contribution in [3.8, 4) is 5.75 Å². The number of carbonyl (C=O) groups is 1. The largest absolute Gasteiger partial charge is 0.497 e. The van der Waals surface area contributed by atoms with E-state index >= 15 is 0 Å². The molecule has 4 rings (SSSR count). The van der Waals surface area contributed by atoms with Crippen LogP contribution in [0.15, 0.2) is 67.3 Å². The molecule has 0 aliphatic carbocycles. The van der Waals surface area contributed by atoms with Crippen LogP contribution in [0.5, 0.6) is 5.75 Å². The molecule has 6 nitrogen and oxygen atoms in total. The molecule has 1 amide bonds. The minimum absolute atomic E-state index is 0.129. The number of pyridine rings is 1. The maximum absolute atomic E-state index is 12.7. The van der Waals surface area contributed by atoms with Gasteiger partial charge in [0.25, 0.3) is 5.91 Å². The lowest BCUT2D eigenvalue weighted by Crippen LogP contribution is -2.24. The van der Waals surface area contributed by atoms with Crippen LogP contribution in [-0.2, 0) is 13.1 Å². The standard InChI is InChI=1S/C23H22N4O2/c1-16-21(11-19-7-8-20(29-2)12-22(19)26-16)23(28)25-13-17-3-5-18(6-4-17)14-27-10-9-24-15-27/h3-12,15H,13-14H2,1-2H3,(H,25,28). The number of nitrogens with zero attached hydrogens (tertiary/aromatic N) is 3. The topological polar surface area (TPSA) is 69.0 Å². The molecule has 2 aromatic carbocycles. The number of ether oxygens (including phenoxy) is 1. The van der Waals surface area contributed by atoms with Gasteiger partial charge in [0.15, 0.2) is 0 Å². The van der Waals surface area contributed by atoms with Gasteiger partial charge in [-0.25, -0.2) is 4.98 Å². The molecule has 0 saturated carbocycles. The lowest BCUT2D eigenvalue weighted by molar-refractivity contribution is 0.0950. The van der Waals surface area contributed by atoms with Crippen molar-refractivity contribution in [3.63, 3.8) is 0 Å². The number of rotatable bonds is 6. The molecule has 0 bridgehead atoms. The summed E-state index contributed by atoms with van der Waals surface area (Å²) in [6, 6.07) is 15.7. The zero-order valence-corrected chi connectivity index (χ0v) is 16.4. The lowest BCUT2D eigenvalue weighted by atomic mass is 10.1. The minimum atomic E-state index is -0.129.